The third kappa shape index (κ3) is 1.33. The molecular formula is C10H8O3. The summed E-state index contributed by atoms with van der Waals surface area (Å²) in [4.78, 5) is 22.4. The molecule has 0 aliphatic carbocycles. The topological polar surface area (TPSA) is 43.4 Å². The van der Waals surface area contributed by atoms with Crippen LogP contribution in [0.15, 0.2) is 30.3 Å². The average molecular weight is 176 g/mol. The Morgan fingerprint density at radius 1 is 1.15 bits per heavy atom. The highest BCUT2D eigenvalue weighted by Crippen LogP contribution is 2.22. The standard InChI is InChI=1S/C10H8O3/c11-8-6-13-10(12)9(8)7-4-2-1-3-5-7/h1-5,9H,6H2. The van der Waals surface area contributed by atoms with Crippen molar-refractivity contribution in [1.82, 2.24) is 0 Å². The predicted molar refractivity (Wildman–Crippen MR) is 45.1 cm³/mol. The second-order valence-electron chi connectivity index (χ2n) is 2.92. The Balaban J connectivity index is 2.36. The van der Waals surface area contributed by atoms with Gasteiger partial charge in [0.05, 0.1) is 0 Å². The highest BCUT2D eigenvalue weighted by atomic mass is 16.5. The SMILES string of the molecule is O=C1COC(=O)C1c1ccccc1. The summed E-state index contributed by atoms with van der Waals surface area (Å²) in [5.74, 6) is -1.28. The molecule has 3 heteroatoms. The van der Waals surface area contributed by atoms with E-state index in [1.54, 1.807) is 24.3 Å². The molecule has 0 spiro atoms. The fourth-order valence-corrected chi connectivity index (χ4v) is 1.41. The number of esters is 1. The largest absolute Gasteiger partial charge is 0.457 e. The zero-order valence-corrected chi connectivity index (χ0v) is 6.90. The lowest BCUT2D eigenvalue weighted by atomic mass is 9.97. The van der Waals surface area contributed by atoms with Gasteiger partial charge in [0.15, 0.2) is 12.4 Å². The van der Waals surface area contributed by atoms with Crippen LogP contribution in [0.4, 0.5) is 0 Å². The Morgan fingerprint density at radius 3 is 2.38 bits per heavy atom. The summed E-state index contributed by atoms with van der Waals surface area (Å²) >= 11 is 0. The number of Topliss-reactive ketones (excluding diaryl/α,β-unsaturated/α-hetero) is 1. The Labute approximate surface area is 75.3 Å². The molecule has 1 aliphatic heterocycles. The molecule has 0 saturated carbocycles. The van der Waals surface area contributed by atoms with Crippen molar-refractivity contribution in [3.63, 3.8) is 0 Å². The van der Waals surface area contributed by atoms with Gasteiger partial charge in [0.25, 0.3) is 0 Å². The third-order valence-corrected chi connectivity index (χ3v) is 2.05. The van der Waals surface area contributed by atoms with Gasteiger partial charge in [0.1, 0.15) is 5.92 Å². The lowest BCUT2D eigenvalue weighted by molar-refractivity contribution is -0.139. The first kappa shape index (κ1) is 7.98. The number of carbonyl (C=O) groups is 2. The van der Waals surface area contributed by atoms with Crippen LogP contribution in [0.5, 0.6) is 0 Å². The summed E-state index contributed by atoms with van der Waals surface area (Å²) in [5, 5.41) is 0. The molecule has 1 aromatic rings. The molecule has 66 valence electrons. The lowest BCUT2D eigenvalue weighted by Crippen LogP contribution is -2.12. The van der Waals surface area contributed by atoms with E-state index in [0.717, 1.165) is 5.56 Å². The summed E-state index contributed by atoms with van der Waals surface area (Å²) in [5.41, 5.74) is 0.718. The van der Waals surface area contributed by atoms with Gasteiger partial charge in [0, 0.05) is 0 Å². The number of carbonyl (C=O) groups excluding carboxylic acids is 2. The van der Waals surface area contributed by atoms with Crippen molar-refractivity contribution in [1.29, 1.82) is 0 Å². The van der Waals surface area contributed by atoms with E-state index < -0.39 is 11.9 Å². The van der Waals surface area contributed by atoms with E-state index in [0.29, 0.717) is 0 Å². The van der Waals surface area contributed by atoms with Crippen molar-refractivity contribution in [3.8, 4) is 0 Å². The van der Waals surface area contributed by atoms with E-state index in [-0.39, 0.29) is 12.4 Å². The van der Waals surface area contributed by atoms with Gasteiger partial charge in [-0.2, -0.15) is 0 Å². The Bertz CT molecular complexity index is 326. The van der Waals surface area contributed by atoms with Crippen LogP contribution in [0.3, 0.4) is 0 Å². The Hall–Kier alpha value is -1.64. The minimum absolute atomic E-state index is 0.0849. The van der Waals surface area contributed by atoms with Gasteiger partial charge in [-0.05, 0) is 5.56 Å². The smallest absolute Gasteiger partial charge is 0.321 e. The zero-order valence-electron chi connectivity index (χ0n) is 6.90. The molecule has 0 radical (unpaired) electrons. The zero-order chi connectivity index (χ0) is 9.26. The van der Waals surface area contributed by atoms with Gasteiger partial charge in [-0.25, -0.2) is 0 Å². The molecule has 1 saturated heterocycles. The van der Waals surface area contributed by atoms with E-state index in [1.165, 1.54) is 0 Å². The Morgan fingerprint density at radius 2 is 1.85 bits per heavy atom. The van der Waals surface area contributed by atoms with E-state index in [4.69, 9.17) is 0 Å². The summed E-state index contributed by atoms with van der Waals surface area (Å²) in [6.07, 6.45) is 0. The molecule has 1 aromatic carbocycles. The number of cyclic esters (lactones) is 1. The molecule has 1 atom stereocenters. The van der Waals surface area contributed by atoms with E-state index in [1.807, 2.05) is 6.07 Å². The monoisotopic (exact) mass is 176 g/mol. The van der Waals surface area contributed by atoms with Crippen LogP contribution in [-0.4, -0.2) is 18.4 Å². The van der Waals surface area contributed by atoms with Gasteiger partial charge >= 0.3 is 5.97 Å². The molecule has 0 N–H and O–H groups in total. The lowest BCUT2D eigenvalue weighted by Gasteiger charge is -2.02. The number of ketones is 1. The van der Waals surface area contributed by atoms with Crippen molar-refractivity contribution in [2.45, 2.75) is 5.92 Å². The summed E-state index contributed by atoms with van der Waals surface area (Å²) in [6, 6.07) is 8.96. The Kier molecular flexibility index (Phi) is 1.85. The molecule has 0 aromatic heterocycles. The fourth-order valence-electron chi connectivity index (χ4n) is 1.41. The normalized spacial score (nSPS) is 21.7. The summed E-state index contributed by atoms with van der Waals surface area (Å²) in [7, 11) is 0. The van der Waals surface area contributed by atoms with Crippen molar-refractivity contribution in [2.24, 2.45) is 0 Å². The van der Waals surface area contributed by atoms with Crippen molar-refractivity contribution < 1.29 is 14.3 Å². The third-order valence-electron chi connectivity index (χ3n) is 2.05. The summed E-state index contributed by atoms with van der Waals surface area (Å²) < 4.78 is 4.64. The molecular weight excluding hydrogens is 168 g/mol. The molecule has 3 nitrogen and oxygen atoms in total. The average Bonchev–Trinajstić information content (AvgIpc) is 2.48. The van der Waals surface area contributed by atoms with E-state index in [2.05, 4.69) is 4.74 Å². The van der Waals surface area contributed by atoms with Gasteiger partial charge < -0.3 is 4.74 Å². The van der Waals surface area contributed by atoms with Crippen molar-refractivity contribution in [2.75, 3.05) is 6.61 Å². The molecule has 13 heavy (non-hydrogen) atoms. The van der Waals surface area contributed by atoms with Crippen molar-refractivity contribution in [3.05, 3.63) is 35.9 Å². The van der Waals surface area contributed by atoms with Gasteiger partial charge in [-0.3, -0.25) is 9.59 Å². The van der Waals surface area contributed by atoms with Crippen LogP contribution in [0.2, 0.25) is 0 Å². The van der Waals surface area contributed by atoms with Crippen LogP contribution in [0.1, 0.15) is 11.5 Å². The molecule has 1 unspecified atom stereocenters. The van der Waals surface area contributed by atoms with Gasteiger partial charge in [0.2, 0.25) is 0 Å². The van der Waals surface area contributed by atoms with Gasteiger partial charge in [-0.15, -0.1) is 0 Å². The van der Waals surface area contributed by atoms with Gasteiger partial charge in [-0.1, -0.05) is 30.3 Å². The number of rotatable bonds is 1. The maximum absolute atomic E-state index is 11.2. The highest BCUT2D eigenvalue weighted by Gasteiger charge is 2.36. The van der Waals surface area contributed by atoms with Crippen LogP contribution >= 0.6 is 0 Å². The van der Waals surface area contributed by atoms with Crippen LogP contribution in [0, 0.1) is 0 Å². The number of benzene rings is 1. The summed E-state index contributed by atoms with van der Waals surface area (Å²) in [6.45, 7) is -0.0849. The quantitative estimate of drug-likeness (QED) is 0.471. The molecule has 0 bridgehead atoms. The van der Waals surface area contributed by atoms with Crippen molar-refractivity contribution >= 4 is 11.8 Å². The van der Waals surface area contributed by atoms with E-state index in [9.17, 15) is 9.59 Å². The molecule has 1 heterocycles. The predicted octanol–water partition coefficient (Wildman–Crippen LogP) is 0.896. The van der Waals surface area contributed by atoms with Crippen LogP contribution in [0.25, 0.3) is 0 Å². The minimum atomic E-state index is -0.693. The first-order valence-electron chi connectivity index (χ1n) is 4.03. The highest BCUT2D eigenvalue weighted by molar-refractivity contribution is 6.09. The molecule has 1 fully saturated rings. The van der Waals surface area contributed by atoms with E-state index >= 15 is 0 Å². The molecule has 2 rings (SSSR count). The fraction of sp³-hybridized carbons (Fsp3) is 0.200. The maximum Gasteiger partial charge on any atom is 0.321 e. The number of hydrogen-bond donors (Lipinski definition) is 0. The first-order chi connectivity index (χ1) is 6.29. The van der Waals surface area contributed by atoms with Crippen LogP contribution in [-0.2, 0) is 14.3 Å². The minimum Gasteiger partial charge on any atom is -0.457 e. The number of hydrogen-bond acceptors (Lipinski definition) is 3. The first-order valence-corrected chi connectivity index (χ1v) is 4.03. The van der Waals surface area contributed by atoms with Crippen LogP contribution < -0.4 is 0 Å². The molecule has 0 amide bonds. The number of ether oxygens (including phenoxy) is 1. The maximum atomic E-state index is 11.2. The second-order valence-corrected chi connectivity index (χ2v) is 2.92. The second kappa shape index (κ2) is 3.01. The molecule has 1 aliphatic rings.